The van der Waals surface area contributed by atoms with E-state index in [0.29, 0.717) is 24.1 Å². The molecule has 0 fully saturated rings. The summed E-state index contributed by atoms with van der Waals surface area (Å²) in [7, 11) is 1.63. The Morgan fingerprint density at radius 3 is 2.89 bits per heavy atom. The van der Waals surface area contributed by atoms with Crippen molar-refractivity contribution in [1.29, 1.82) is 0 Å². The Balaban J connectivity index is 1.91. The molecule has 1 aliphatic rings. The molecule has 0 amide bonds. The molecule has 0 saturated heterocycles. The van der Waals surface area contributed by atoms with Gasteiger partial charge in [0.15, 0.2) is 5.16 Å². The van der Waals surface area contributed by atoms with Crippen LogP contribution in [0.2, 0.25) is 0 Å². The Kier molecular flexibility index (Phi) is 6.04. The third kappa shape index (κ3) is 3.58. The molecule has 1 aliphatic carbocycles. The fourth-order valence-corrected chi connectivity index (χ4v) is 5.81. The first-order valence-corrected chi connectivity index (χ1v) is 11.5. The molecule has 0 N–H and O–H groups in total. The van der Waals surface area contributed by atoms with Gasteiger partial charge in [0.05, 0.1) is 24.8 Å². The number of aromatic nitrogens is 2. The van der Waals surface area contributed by atoms with Crippen LogP contribution in [0.25, 0.3) is 15.9 Å². The van der Waals surface area contributed by atoms with Crippen LogP contribution in [0.5, 0.6) is 5.75 Å². The van der Waals surface area contributed by atoms with Gasteiger partial charge in [-0.3, -0.25) is 9.36 Å². The summed E-state index contributed by atoms with van der Waals surface area (Å²) >= 11 is 3.24. The lowest BCUT2D eigenvalue weighted by molar-refractivity contribution is 0.164. The summed E-state index contributed by atoms with van der Waals surface area (Å²) in [6, 6.07) is 7.63. The molecule has 0 atom stereocenters. The molecule has 148 valence electrons. The first-order valence-electron chi connectivity index (χ1n) is 9.65. The van der Waals surface area contributed by atoms with E-state index in [0.717, 1.165) is 40.9 Å². The van der Waals surface area contributed by atoms with Crippen LogP contribution in [0.15, 0.2) is 34.2 Å². The number of hydrogen-bond donors (Lipinski definition) is 0. The predicted molar refractivity (Wildman–Crippen MR) is 116 cm³/mol. The maximum Gasteiger partial charge on any atom is 0.267 e. The molecule has 1 aromatic carbocycles. The Hall–Kier alpha value is -1.83. The van der Waals surface area contributed by atoms with Crippen molar-refractivity contribution in [1.82, 2.24) is 9.55 Å². The number of hydrogen-bond acceptors (Lipinski definition) is 6. The fourth-order valence-electron chi connectivity index (χ4n) is 3.65. The summed E-state index contributed by atoms with van der Waals surface area (Å²) in [5, 5.41) is 1.49. The lowest BCUT2D eigenvalue weighted by Gasteiger charge is -2.15. The van der Waals surface area contributed by atoms with Gasteiger partial charge in [-0.2, -0.15) is 0 Å². The quantitative estimate of drug-likeness (QED) is 0.323. The van der Waals surface area contributed by atoms with Crippen molar-refractivity contribution in [2.75, 3.05) is 26.1 Å². The number of thiophene rings is 1. The van der Waals surface area contributed by atoms with Crippen LogP contribution in [0.4, 0.5) is 0 Å². The van der Waals surface area contributed by atoms with Crippen molar-refractivity contribution in [2.24, 2.45) is 0 Å². The second-order valence-corrected chi connectivity index (χ2v) is 8.79. The van der Waals surface area contributed by atoms with Crippen LogP contribution in [0, 0.1) is 0 Å². The molecule has 2 aromatic heterocycles. The number of nitrogens with zero attached hydrogens (tertiary/aromatic N) is 2. The fraction of sp³-hybridized carbons (Fsp3) is 0.429. The molecule has 0 spiro atoms. The Morgan fingerprint density at radius 2 is 2.07 bits per heavy atom. The van der Waals surface area contributed by atoms with Crippen molar-refractivity contribution in [2.45, 2.75) is 37.8 Å². The van der Waals surface area contributed by atoms with Gasteiger partial charge < -0.3 is 9.47 Å². The van der Waals surface area contributed by atoms with Crippen LogP contribution in [-0.2, 0) is 17.6 Å². The lowest BCUT2D eigenvalue weighted by atomic mass is 9.97. The molecule has 2 heterocycles. The topological polar surface area (TPSA) is 53.3 Å². The van der Waals surface area contributed by atoms with Crippen LogP contribution in [0.3, 0.4) is 0 Å². The van der Waals surface area contributed by atoms with Gasteiger partial charge in [-0.15, -0.1) is 11.3 Å². The highest BCUT2D eigenvalue weighted by atomic mass is 32.2. The van der Waals surface area contributed by atoms with Crippen molar-refractivity contribution < 1.29 is 9.47 Å². The van der Waals surface area contributed by atoms with Gasteiger partial charge in [-0.1, -0.05) is 23.9 Å². The van der Waals surface area contributed by atoms with E-state index in [1.54, 1.807) is 34.8 Å². The monoisotopic (exact) mass is 416 g/mol. The zero-order chi connectivity index (χ0) is 19.5. The number of para-hydroxylation sites is 2. The standard InChI is InChI=1S/C21H24N2O3S2/c1-3-26-12-13-27-21-22-19-18(14-8-4-7-11-17(14)28-19)20(24)23(21)15-9-5-6-10-16(15)25-2/h5-6,9-10H,3-4,7-8,11-13H2,1-2H3. The molecule has 0 unspecified atom stereocenters. The van der Waals surface area contributed by atoms with Crippen LogP contribution in [0.1, 0.15) is 30.2 Å². The van der Waals surface area contributed by atoms with Crippen LogP contribution < -0.4 is 10.3 Å². The second-order valence-electron chi connectivity index (χ2n) is 6.64. The average molecular weight is 417 g/mol. The van der Waals surface area contributed by atoms with Gasteiger partial charge in [0, 0.05) is 17.2 Å². The molecule has 0 aliphatic heterocycles. The van der Waals surface area contributed by atoms with Crippen molar-refractivity contribution in [3.05, 3.63) is 45.1 Å². The molecular formula is C21H24N2O3S2. The molecule has 3 aromatic rings. The Labute approximate surface area is 172 Å². The zero-order valence-electron chi connectivity index (χ0n) is 16.2. The molecule has 0 bridgehead atoms. The van der Waals surface area contributed by atoms with Crippen LogP contribution >= 0.6 is 23.1 Å². The minimum atomic E-state index is 0.00723. The predicted octanol–water partition coefficient (Wildman–Crippen LogP) is 4.46. The van der Waals surface area contributed by atoms with E-state index in [9.17, 15) is 4.79 Å². The van der Waals surface area contributed by atoms with E-state index < -0.39 is 0 Å². The number of methoxy groups -OCH3 is 1. The third-order valence-electron chi connectivity index (χ3n) is 4.95. The summed E-state index contributed by atoms with van der Waals surface area (Å²) in [4.78, 5) is 20.8. The number of fused-ring (bicyclic) bond motifs is 3. The first kappa shape index (κ1) is 19.5. The number of rotatable bonds is 7. The number of aryl methyl sites for hydroxylation is 2. The van der Waals surface area contributed by atoms with Crippen molar-refractivity contribution in [3.63, 3.8) is 0 Å². The zero-order valence-corrected chi connectivity index (χ0v) is 17.8. The van der Waals surface area contributed by atoms with E-state index in [-0.39, 0.29) is 5.56 Å². The second kappa shape index (κ2) is 8.68. The number of benzene rings is 1. The number of ether oxygens (including phenoxy) is 2. The normalized spacial score (nSPS) is 13.6. The highest BCUT2D eigenvalue weighted by Crippen LogP contribution is 2.36. The smallest absolute Gasteiger partial charge is 0.267 e. The maximum atomic E-state index is 13.7. The van der Waals surface area contributed by atoms with Gasteiger partial charge in [0.2, 0.25) is 0 Å². The summed E-state index contributed by atoms with van der Waals surface area (Å²) < 4.78 is 12.7. The summed E-state index contributed by atoms with van der Waals surface area (Å²) in [6.07, 6.45) is 4.35. The van der Waals surface area contributed by atoms with Gasteiger partial charge in [0.25, 0.3) is 5.56 Å². The molecule has 7 heteroatoms. The number of thioether (sulfide) groups is 1. The molecular weight excluding hydrogens is 392 g/mol. The largest absolute Gasteiger partial charge is 0.495 e. The minimum absolute atomic E-state index is 0.00723. The van der Waals surface area contributed by atoms with E-state index in [1.165, 1.54) is 16.9 Å². The lowest BCUT2D eigenvalue weighted by Crippen LogP contribution is -2.23. The summed E-state index contributed by atoms with van der Waals surface area (Å²) in [6.45, 7) is 3.29. The van der Waals surface area contributed by atoms with E-state index in [1.807, 2.05) is 31.2 Å². The molecule has 0 saturated carbocycles. The summed E-state index contributed by atoms with van der Waals surface area (Å²) in [5.74, 6) is 1.41. The SMILES string of the molecule is CCOCCSc1nc2sc3c(c2c(=O)n1-c1ccccc1OC)CCCC3. The third-order valence-corrected chi connectivity index (χ3v) is 7.04. The van der Waals surface area contributed by atoms with Gasteiger partial charge >= 0.3 is 0 Å². The van der Waals surface area contributed by atoms with Gasteiger partial charge in [0.1, 0.15) is 10.6 Å². The van der Waals surface area contributed by atoms with E-state index in [4.69, 9.17) is 14.5 Å². The van der Waals surface area contributed by atoms with Crippen LogP contribution in [-0.4, -0.2) is 35.6 Å². The summed E-state index contributed by atoms with van der Waals surface area (Å²) in [5.41, 5.74) is 1.95. The molecule has 5 nitrogen and oxygen atoms in total. The molecule has 0 radical (unpaired) electrons. The minimum Gasteiger partial charge on any atom is -0.495 e. The van der Waals surface area contributed by atoms with Crippen molar-refractivity contribution >= 4 is 33.3 Å². The Bertz CT molecular complexity index is 1040. The molecule has 4 rings (SSSR count). The average Bonchev–Trinajstić information content (AvgIpc) is 3.10. The highest BCUT2D eigenvalue weighted by Gasteiger charge is 2.23. The van der Waals surface area contributed by atoms with E-state index in [2.05, 4.69) is 0 Å². The van der Waals surface area contributed by atoms with Gasteiger partial charge in [-0.05, 0) is 50.3 Å². The maximum absolute atomic E-state index is 13.7. The van der Waals surface area contributed by atoms with Crippen molar-refractivity contribution in [3.8, 4) is 11.4 Å². The van der Waals surface area contributed by atoms with Gasteiger partial charge in [-0.25, -0.2) is 4.98 Å². The first-order chi connectivity index (χ1) is 13.7. The van der Waals surface area contributed by atoms with E-state index >= 15 is 0 Å². The molecule has 28 heavy (non-hydrogen) atoms. The Morgan fingerprint density at radius 1 is 1.25 bits per heavy atom. The highest BCUT2D eigenvalue weighted by molar-refractivity contribution is 7.99.